The molecule has 0 fully saturated rings. The predicted octanol–water partition coefficient (Wildman–Crippen LogP) is 5.84. The van der Waals surface area contributed by atoms with Crippen LogP contribution in [0.3, 0.4) is 0 Å². The zero-order valence-electron chi connectivity index (χ0n) is 11.7. The standard InChI is InChI=1S/C16H9ClF5N/c1-9-2-3-10(8-23)12(6-9)13-7-11(4-5-14(13)17)15(18,19)16(20,21)22/h2-7H,1H3. The molecular formula is C16H9ClF5N. The van der Waals surface area contributed by atoms with Crippen LogP contribution in [-0.2, 0) is 5.92 Å². The van der Waals surface area contributed by atoms with Gasteiger partial charge in [0.15, 0.2) is 0 Å². The van der Waals surface area contributed by atoms with Crippen molar-refractivity contribution in [2.24, 2.45) is 0 Å². The van der Waals surface area contributed by atoms with Gasteiger partial charge in [0.25, 0.3) is 0 Å². The average Bonchev–Trinajstić information content (AvgIpc) is 2.46. The number of benzene rings is 2. The van der Waals surface area contributed by atoms with E-state index in [0.29, 0.717) is 17.7 Å². The van der Waals surface area contributed by atoms with E-state index in [4.69, 9.17) is 16.9 Å². The molecule has 0 N–H and O–H groups in total. The van der Waals surface area contributed by atoms with Crippen LogP contribution in [0.2, 0.25) is 5.02 Å². The monoisotopic (exact) mass is 345 g/mol. The van der Waals surface area contributed by atoms with Crippen molar-refractivity contribution in [3.8, 4) is 17.2 Å². The largest absolute Gasteiger partial charge is 0.458 e. The topological polar surface area (TPSA) is 23.8 Å². The lowest BCUT2D eigenvalue weighted by atomic mass is 9.95. The van der Waals surface area contributed by atoms with Crippen molar-refractivity contribution in [3.05, 3.63) is 58.1 Å². The van der Waals surface area contributed by atoms with E-state index in [-0.39, 0.29) is 21.7 Å². The average molecular weight is 346 g/mol. The van der Waals surface area contributed by atoms with Crippen LogP contribution in [0.15, 0.2) is 36.4 Å². The number of rotatable bonds is 2. The van der Waals surface area contributed by atoms with E-state index < -0.39 is 17.7 Å². The van der Waals surface area contributed by atoms with Crippen LogP contribution in [0.1, 0.15) is 16.7 Å². The molecule has 0 amide bonds. The van der Waals surface area contributed by atoms with Gasteiger partial charge in [-0.05, 0) is 25.1 Å². The Morgan fingerprint density at radius 1 is 0.957 bits per heavy atom. The summed E-state index contributed by atoms with van der Waals surface area (Å²) in [6, 6.07) is 8.73. The molecule has 2 rings (SSSR count). The van der Waals surface area contributed by atoms with Gasteiger partial charge in [-0.2, -0.15) is 27.2 Å². The lowest BCUT2D eigenvalue weighted by Gasteiger charge is -2.21. The molecule has 2 aromatic rings. The Balaban J connectivity index is 2.69. The molecular weight excluding hydrogens is 337 g/mol. The number of halogens is 6. The molecule has 2 aromatic carbocycles. The van der Waals surface area contributed by atoms with E-state index in [1.165, 1.54) is 12.1 Å². The summed E-state index contributed by atoms with van der Waals surface area (Å²) < 4.78 is 64.6. The van der Waals surface area contributed by atoms with Crippen molar-refractivity contribution in [2.75, 3.05) is 0 Å². The minimum atomic E-state index is -5.72. The molecule has 0 unspecified atom stereocenters. The molecule has 0 atom stereocenters. The maximum Gasteiger partial charge on any atom is 0.458 e. The van der Waals surface area contributed by atoms with Gasteiger partial charge in [0.05, 0.1) is 11.6 Å². The van der Waals surface area contributed by atoms with Crippen molar-refractivity contribution < 1.29 is 22.0 Å². The second-order valence-electron chi connectivity index (χ2n) is 4.93. The minimum absolute atomic E-state index is 0.0196. The van der Waals surface area contributed by atoms with Gasteiger partial charge in [0.1, 0.15) is 0 Å². The molecule has 0 spiro atoms. The van der Waals surface area contributed by atoms with Gasteiger partial charge in [0, 0.05) is 21.7 Å². The van der Waals surface area contributed by atoms with Crippen molar-refractivity contribution in [3.63, 3.8) is 0 Å². The first-order chi connectivity index (χ1) is 10.6. The Hall–Kier alpha value is -2.13. The zero-order chi connectivity index (χ0) is 17.4. The third-order valence-corrected chi connectivity index (χ3v) is 3.60. The highest BCUT2D eigenvalue weighted by atomic mass is 35.5. The fraction of sp³-hybridized carbons (Fsp3) is 0.188. The molecule has 0 aliphatic heterocycles. The predicted molar refractivity (Wildman–Crippen MR) is 76.3 cm³/mol. The third kappa shape index (κ3) is 3.15. The molecule has 0 saturated heterocycles. The first-order valence-corrected chi connectivity index (χ1v) is 6.71. The number of hydrogen-bond donors (Lipinski definition) is 0. The Labute approximate surface area is 133 Å². The lowest BCUT2D eigenvalue weighted by Crippen LogP contribution is -2.33. The van der Waals surface area contributed by atoms with Gasteiger partial charge < -0.3 is 0 Å². The van der Waals surface area contributed by atoms with E-state index >= 15 is 0 Å². The number of nitrogens with zero attached hydrogens (tertiary/aromatic N) is 1. The van der Waals surface area contributed by atoms with Gasteiger partial charge in [-0.15, -0.1) is 0 Å². The van der Waals surface area contributed by atoms with Gasteiger partial charge in [-0.1, -0.05) is 35.4 Å². The molecule has 0 bridgehead atoms. The summed E-state index contributed by atoms with van der Waals surface area (Å²) in [4.78, 5) is 0. The molecule has 0 aliphatic carbocycles. The highest BCUT2D eigenvalue weighted by molar-refractivity contribution is 6.33. The smallest absolute Gasteiger partial charge is 0.192 e. The summed E-state index contributed by atoms with van der Waals surface area (Å²) in [5.74, 6) is -5.01. The Morgan fingerprint density at radius 2 is 1.61 bits per heavy atom. The van der Waals surface area contributed by atoms with Crippen LogP contribution in [0.5, 0.6) is 0 Å². The zero-order valence-corrected chi connectivity index (χ0v) is 12.4. The molecule has 0 aliphatic rings. The fourth-order valence-corrected chi connectivity index (χ4v) is 2.29. The van der Waals surface area contributed by atoms with Crippen LogP contribution in [0.4, 0.5) is 22.0 Å². The maximum atomic E-state index is 13.5. The van der Waals surface area contributed by atoms with Gasteiger partial charge in [-0.25, -0.2) is 0 Å². The van der Waals surface area contributed by atoms with E-state index in [1.54, 1.807) is 13.0 Å². The Bertz CT molecular complexity index is 790. The number of nitriles is 1. The first-order valence-electron chi connectivity index (χ1n) is 6.33. The Morgan fingerprint density at radius 3 is 2.17 bits per heavy atom. The van der Waals surface area contributed by atoms with Gasteiger partial charge in [-0.3, -0.25) is 0 Å². The molecule has 0 aromatic heterocycles. The summed E-state index contributed by atoms with van der Waals surface area (Å²) in [5, 5.41) is 9.08. The molecule has 0 heterocycles. The second kappa shape index (κ2) is 5.82. The summed E-state index contributed by atoms with van der Waals surface area (Å²) in [6.07, 6.45) is -5.72. The van der Waals surface area contributed by atoms with Gasteiger partial charge in [0.2, 0.25) is 0 Å². The number of alkyl halides is 5. The fourth-order valence-electron chi connectivity index (χ4n) is 2.07. The normalized spacial score (nSPS) is 12.1. The van der Waals surface area contributed by atoms with Crippen LogP contribution in [-0.4, -0.2) is 6.18 Å². The van der Waals surface area contributed by atoms with Crippen LogP contribution < -0.4 is 0 Å². The third-order valence-electron chi connectivity index (χ3n) is 3.27. The van der Waals surface area contributed by atoms with Gasteiger partial charge >= 0.3 is 12.1 Å². The highest BCUT2D eigenvalue weighted by Crippen LogP contribution is 2.45. The van der Waals surface area contributed by atoms with E-state index in [0.717, 1.165) is 6.07 Å². The second-order valence-corrected chi connectivity index (χ2v) is 5.33. The molecule has 0 saturated carbocycles. The van der Waals surface area contributed by atoms with Crippen molar-refractivity contribution >= 4 is 11.6 Å². The number of aryl methyl sites for hydroxylation is 1. The van der Waals surface area contributed by atoms with Crippen LogP contribution in [0.25, 0.3) is 11.1 Å². The lowest BCUT2D eigenvalue weighted by molar-refractivity contribution is -0.289. The molecule has 1 nitrogen and oxygen atoms in total. The summed E-state index contributed by atoms with van der Waals surface area (Å²) in [6.45, 7) is 1.70. The van der Waals surface area contributed by atoms with Crippen molar-refractivity contribution in [1.29, 1.82) is 5.26 Å². The van der Waals surface area contributed by atoms with E-state index in [1.807, 2.05) is 6.07 Å². The van der Waals surface area contributed by atoms with Crippen molar-refractivity contribution in [1.82, 2.24) is 0 Å². The Kier molecular flexibility index (Phi) is 4.36. The SMILES string of the molecule is Cc1ccc(C#N)c(-c2cc(C(F)(F)C(F)(F)F)ccc2Cl)c1. The molecule has 120 valence electrons. The van der Waals surface area contributed by atoms with Crippen LogP contribution >= 0.6 is 11.6 Å². The maximum absolute atomic E-state index is 13.5. The molecule has 0 radical (unpaired) electrons. The summed E-state index contributed by atoms with van der Waals surface area (Å²) in [7, 11) is 0. The number of hydrogen-bond acceptors (Lipinski definition) is 1. The molecule has 7 heteroatoms. The molecule has 23 heavy (non-hydrogen) atoms. The highest BCUT2D eigenvalue weighted by Gasteiger charge is 2.58. The minimum Gasteiger partial charge on any atom is -0.192 e. The summed E-state index contributed by atoms with van der Waals surface area (Å²) in [5.41, 5.74) is -0.228. The van der Waals surface area contributed by atoms with Crippen LogP contribution in [0, 0.1) is 18.3 Å². The summed E-state index contributed by atoms with van der Waals surface area (Å²) >= 11 is 5.94. The van der Waals surface area contributed by atoms with E-state index in [9.17, 15) is 22.0 Å². The quantitative estimate of drug-likeness (QED) is 0.627. The van der Waals surface area contributed by atoms with E-state index in [2.05, 4.69) is 0 Å². The van der Waals surface area contributed by atoms with Crippen molar-refractivity contribution in [2.45, 2.75) is 19.0 Å². The first kappa shape index (κ1) is 17.2.